The number of ether oxygens (including phenoxy) is 1. The fourth-order valence-electron chi connectivity index (χ4n) is 4.48. The number of benzene rings is 2. The summed E-state index contributed by atoms with van der Waals surface area (Å²) < 4.78 is 6.99. The smallest absolute Gasteiger partial charge is 0.310 e. The van der Waals surface area contributed by atoms with Gasteiger partial charge < -0.3 is 9.64 Å². The van der Waals surface area contributed by atoms with Crippen molar-refractivity contribution in [1.82, 2.24) is 14.7 Å². The number of aromatic nitrogens is 2. The molecular weight excluding hydrogens is 426 g/mol. The molecule has 0 radical (unpaired) electrons. The Balaban J connectivity index is 1.76. The first kappa shape index (κ1) is 23.7. The summed E-state index contributed by atoms with van der Waals surface area (Å²) in [4.78, 5) is 27.9. The Morgan fingerprint density at radius 3 is 2.50 bits per heavy atom. The van der Waals surface area contributed by atoms with Crippen molar-refractivity contribution in [3.8, 4) is 16.9 Å². The quantitative estimate of drug-likeness (QED) is 0.493. The monoisotopic (exact) mass is 459 g/mol. The molecule has 2 heterocycles. The number of nitrogens with zero attached hydrogens (tertiary/aromatic N) is 3. The van der Waals surface area contributed by atoms with Gasteiger partial charge in [-0.15, -0.1) is 0 Å². The summed E-state index contributed by atoms with van der Waals surface area (Å²) in [6, 6.07) is 14.3. The lowest BCUT2D eigenvalue weighted by atomic mass is 9.98. The van der Waals surface area contributed by atoms with Crippen LogP contribution in [0.15, 0.2) is 42.5 Å². The van der Waals surface area contributed by atoms with E-state index in [2.05, 4.69) is 38.1 Å². The van der Waals surface area contributed by atoms with Gasteiger partial charge in [-0.2, -0.15) is 5.10 Å². The highest BCUT2D eigenvalue weighted by molar-refractivity contribution is 5.95. The molecule has 34 heavy (non-hydrogen) atoms. The van der Waals surface area contributed by atoms with E-state index in [-0.39, 0.29) is 17.8 Å². The number of hydrogen-bond donors (Lipinski definition) is 0. The summed E-state index contributed by atoms with van der Waals surface area (Å²) in [6.07, 6.45) is 1.52. The Kier molecular flexibility index (Phi) is 6.87. The second-order valence-corrected chi connectivity index (χ2v) is 9.26. The van der Waals surface area contributed by atoms with E-state index in [9.17, 15) is 9.59 Å². The average Bonchev–Trinajstić information content (AvgIpc) is 3.27. The molecule has 0 aliphatic carbocycles. The van der Waals surface area contributed by atoms with Crippen LogP contribution in [-0.4, -0.2) is 46.3 Å². The van der Waals surface area contributed by atoms with Gasteiger partial charge in [0.25, 0.3) is 5.91 Å². The lowest BCUT2D eigenvalue weighted by molar-refractivity contribution is -0.149. The third-order valence-corrected chi connectivity index (χ3v) is 6.65. The van der Waals surface area contributed by atoms with Crippen LogP contribution in [0, 0.1) is 33.6 Å². The van der Waals surface area contributed by atoms with E-state index in [0.29, 0.717) is 25.4 Å². The van der Waals surface area contributed by atoms with Crippen LogP contribution < -0.4 is 0 Å². The Morgan fingerprint density at radius 2 is 1.76 bits per heavy atom. The van der Waals surface area contributed by atoms with Gasteiger partial charge in [-0.1, -0.05) is 24.3 Å². The number of piperidine rings is 1. The van der Waals surface area contributed by atoms with E-state index >= 15 is 0 Å². The molecule has 1 saturated heterocycles. The van der Waals surface area contributed by atoms with Crippen molar-refractivity contribution in [2.24, 2.45) is 5.92 Å². The van der Waals surface area contributed by atoms with Gasteiger partial charge in [0.05, 0.1) is 23.9 Å². The summed E-state index contributed by atoms with van der Waals surface area (Å²) in [5.74, 6) is -0.620. The summed E-state index contributed by atoms with van der Waals surface area (Å²) in [7, 11) is 0. The summed E-state index contributed by atoms with van der Waals surface area (Å²) in [6.45, 7) is 11.4. The maximum absolute atomic E-state index is 13.8. The van der Waals surface area contributed by atoms with Crippen molar-refractivity contribution in [2.75, 3.05) is 19.7 Å². The van der Waals surface area contributed by atoms with Crippen LogP contribution in [0.3, 0.4) is 0 Å². The molecule has 1 fully saturated rings. The van der Waals surface area contributed by atoms with Crippen molar-refractivity contribution in [1.29, 1.82) is 0 Å². The Morgan fingerprint density at radius 1 is 1.00 bits per heavy atom. The van der Waals surface area contributed by atoms with Crippen LogP contribution >= 0.6 is 0 Å². The minimum Gasteiger partial charge on any atom is -0.466 e. The molecule has 1 aliphatic heterocycles. The van der Waals surface area contributed by atoms with Gasteiger partial charge in [-0.3, -0.25) is 9.59 Å². The second kappa shape index (κ2) is 9.84. The van der Waals surface area contributed by atoms with E-state index in [1.807, 2.05) is 32.0 Å². The fraction of sp³-hybridized carbons (Fsp3) is 0.393. The van der Waals surface area contributed by atoms with E-state index in [0.717, 1.165) is 40.9 Å². The highest BCUT2D eigenvalue weighted by Crippen LogP contribution is 2.28. The third kappa shape index (κ3) is 4.76. The maximum atomic E-state index is 13.8. The molecule has 4 rings (SSSR count). The van der Waals surface area contributed by atoms with Crippen molar-refractivity contribution in [3.05, 3.63) is 70.4 Å². The minimum atomic E-state index is -0.283. The van der Waals surface area contributed by atoms with Gasteiger partial charge in [0, 0.05) is 18.7 Å². The molecule has 2 aromatic carbocycles. The molecule has 178 valence electrons. The zero-order valence-electron chi connectivity index (χ0n) is 20.7. The fourth-order valence-corrected chi connectivity index (χ4v) is 4.48. The molecule has 3 aromatic rings. The van der Waals surface area contributed by atoms with Gasteiger partial charge >= 0.3 is 5.97 Å². The topological polar surface area (TPSA) is 64.4 Å². The van der Waals surface area contributed by atoms with Gasteiger partial charge in [-0.25, -0.2) is 4.68 Å². The zero-order chi connectivity index (χ0) is 24.4. The predicted molar refractivity (Wildman–Crippen MR) is 133 cm³/mol. The summed E-state index contributed by atoms with van der Waals surface area (Å²) in [5, 5.41) is 4.90. The number of rotatable bonds is 5. The number of likely N-dealkylation sites (tertiary alicyclic amines) is 1. The zero-order valence-corrected chi connectivity index (χ0v) is 20.7. The molecule has 6 heteroatoms. The Bertz CT molecular complexity index is 1230. The predicted octanol–water partition coefficient (Wildman–Crippen LogP) is 5.19. The lowest BCUT2D eigenvalue weighted by Gasteiger charge is -2.31. The molecular formula is C28H33N3O3. The molecule has 0 bridgehead atoms. The largest absolute Gasteiger partial charge is 0.466 e. The molecule has 0 unspecified atom stereocenters. The van der Waals surface area contributed by atoms with Crippen LogP contribution in [0.4, 0.5) is 0 Å². The highest BCUT2D eigenvalue weighted by Gasteiger charge is 2.32. The molecule has 0 N–H and O–H groups in total. The van der Waals surface area contributed by atoms with Crippen molar-refractivity contribution >= 4 is 11.9 Å². The minimum absolute atomic E-state index is 0.113. The molecule has 0 spiro atoms. The molecule has 0 saturated carbocycles. The maximum Gasteiger partial charge on any atom is 0.310 e. The first-order valence-corrected chi connectivity index (χ1v) is 12.0. The number of aryl methyl sites for hydroxylation is 4. The number of carbonyl (C=O) groups is 2. The number of hydrogen-bond acceptors (Lipinski definition) is 4. The number of carbonyl (C=O) groups excluding carboxylic acids is 2. The highest BCUT2D eigenvalue weighted by atomic mass is 16.5. The molecule has 1 aromatic heterocycles. The number of amides is 1. The van der Waals surface area contributed by atoms with Gasteiger partial charge in [0.15, 0.2) is 0 Å². The standard InChI is InChI=1S/C28H33N3O3/c1-6-34-28(33)23-8-7-13-30(17-23)27(32)26-16-24(22-12-11-19(3)21(5)15-22)29-31(26)25-14-18(2)9-10-20(25)4/h9-12,14-16,23H,6-8,13,17H2,1-5H3/t23-/m0/s1. The summed E-state index contributed by atoms with van der Waals surface area (Å²) >= 11 is 0. The Hall–Kier alpha value is -3.41. The SMILES string of the molecule is CCOC(=O)[C@H]1CCCN(C(=O)c2cc(-c3ccc(C)c(C)c3)nn2-c2cc(C)ccc2C)C1. The molecule has 1 amide bonds. The number of esters is 1. The van der Waals surface area contributed by atoms with Crippen molar-refractivity contribution in [2.45, 2.75) is 47.5 Å². The molecule has 1 atom stereocenters. The van der Waals surface area contributed by atoms with Gasteiger partial charge in [-0.05, 0) is 87.9 Å². The first-order chi connectivity index (χ1) is 16.3. The van der Waals surface area contributed by atoms with Crippen molar-refractivity contribution < 1.29 is 14.3 Å². The lowest BCUT2D eigenvalue weighted by Crippen LogP contribution is -2.43. The van der Waals surface area contributed by atoms with Crippen LogP contribution in [-0.2, 0) is 9.53 Å². The van der Waals surface area contributed by atoms with Crippen LogP contribution in [0.25, 0.3) is 16.9 Å². The van der Waals surface area contributed by atoms with Crippen LogP contribution in [0.2, 0.25) is 0 Å². The van der Waals surface area contributed by atoms with Gasteiger partial charge in [0.2, 0.25) is 0 Å². The molecule has 1 aliphatic rings. The summed E-state index contributed by atoms with van der Waals surface area (Å²) in [5.41, 5.74) is 7.66. The van der Waals surface area contributed by atoms with E-state index in [4.69, 9.17) is 9.84 Å². The van der Waals surface area contributed by atoms with Crippen LogP contribution in [0.5, 0.6) is 0 Å². The van der Waals surface area contributed by atoms with E-state index < -0.39 is 0 Å². The van der Waals surface area contributed by atoms with Crippen LogP contribution in [0.1, 0.15) is 52.5 Å². The molecule has 6 nitrogen and oxygen atoms in total. The van der Waals surface area contributed by atoms with E-state index in [1.165, 1.54) is 11.1 Å². The van der Waals surface area contributed by atoms with E-state index in [1.54, 1.807) is 16.5 Å². The Labute approximate surface area is 201 Å². The van der Waals surface area contributed by atoms with Crippen molar-refractivity contribution in [3.63, 3.8) is 0 Å². The second-order valence-electron chi connectivity index (χ2n) is 9.26. The normalized spacial score (nSPS) is 15.9. The van der Waals surface area contributed by atoms with Gasteiger partial charge in [0.1, 0.15) is 5.69 Å². The average molecular weight is 460 g/mol. The third-order valence-electron chi connectivity index (χ3n) is 6.65. The first-order valence-electron chi connectivity index (χ1n) is 12.0.